The average molecular weight is 529 g/mol. The fourth-order valence-electron chi connectivity index (χ4n) is 5.03. The second-order valence-electron chi connectivity index (χ2n) is 11.1. The monoisotopic (exact) mass is 528 g/mol. The maximum atomic E-state index is 14.7. The molecule has 1 amide bonds. The molecule has 3 aromatic rings. The maximum absolute atomic E-state index is 14.7. The van der Waals surface area contributed by atoms with Crippen molar-refractivity contribution in [2.45, 2.75) is 57.9 Å². The molecule has 0 atom stereocenters. The van der Waals surface area contributed by atoms with Gasteiger partial charge in [0.1, 0.15) is 5.60 Å². The Hall–Kier alpha value is -3.37. The van der Waals surface area contributed by atoms with Gasteiger partial charge in [-0.25, -0.2) is 18.0 Å². The molecule has 1 spiro atoms. The highest BCUT2D eigenvalue weighted by molar-refractivity contribution is 5.90. The lowest BCUT2D eigenvalue weighted by Crippen LogP contribution is -2.46. The minimum Gasteiger partial charge on any atom is -0.441 e. The predicted octanol–water partition coefficient (Wildman–Crippen LogP) is 5.21. The number of aromatic nitrogens is 2. The minimum absolute atomic E-state index is 0.0659. The van der Waals surface area contributed by atoms with E-state index in [0.29, 0.717) is 44.6 Å². The number of ether oxygens (including phenoxy) is 1. The van der Waals surface area contributed by atoms with Gasteiger partial charge in [0.15, 0.2) is 17.5 Å². The van der Waals surface area contributed by atoms with Crippen molar-refractivity contribution in [2.24, 2.45) is 0 Å². The molecule has 0 radical (unpaired) electrons. The van der Waals surface area contributed by atoms with Gasteiger partial charge in [-0.1, -0.05) is 12.1 Å². The number of anilines is 1. The number of carbonyl (C=O) groups is 1. The van der Waals surface area contributed by atoms with Crippen molar-refractivity contribution >= 4 is 11.8 Å². The van der Waals surface area contributed by atoms with Gasteiger partial charge in [-0.3, -0.25) is 14.5 Å². The quantitative estimate of drug-likeness (QED) is 0.461. The van der Waals surface area contributed by atoms with Crippen LogP contribution in [0.2, 0.25) is 0 Å². The van der Waals surface area contributed by atoms with Crippen LogP contribution in [0.25, 0.3) is 11.3 Å². The van der Waals surface area contributed by atoms with E-state index in [4.69, 9.17) is 4.74 Å². The molecule has 0 saturated carbocycles. The third-order valence-corrected chi connectivity index (χ3v) is 7.33. The van der Waals surface area contributed by atoms with Gasteiger partial charge < -0.3 is 9.84 Å². The normalized spacial score (nSPS) is 17.9. The van der Waals surface area contributed by atoms with Crippen LogP contribution in [0.1, 0.15) is 44.7 Å². The first-order valence-corrected chi connectivity index (χ1v) is 12.7. The Labute approximate surface area is 219 Å². The summed E-state index contributed by atoms with van der Waals surface area (Å²) < 4.78 is 49.9. The zero-order chi connectivity index (χ0) is 27.2. The zero-order valence-electron chi connectivity index (χ0n) is 21.7. The number of aliphatic hydroxyl groups is 1. The Morgan fingerprint density at radius 3 is 2.34 bits per heavy atom. The molecule has 0 unspecified atom stereocenters. The summed E-state index contributed by atoms with van der Waals surface area (Å²) in [6.07, 6.45) is 2.67. The molecule has 0 bridgehead atoms. The number of hydrogen-bond acceptors (Lipinski definition) is 5. The smallest absolute Gasteiger partial charge is 0.415 e. The first kappa shape index (κ1) is 26.2. The van der Waals surface area contributed by atoms with Crippen molar-refractivity contribution in [1.29, 1.82) is 0 Å². The standard InChI is InChI=1S/C28H31F3N4O3/c1-27(2,3)35-15-19(25(32-35)21-8-9-22(29)24(31)23(21)30)14-33-12-10-28(11-13-33)17-34(26(37)38-28)20-6-4-18(16-36)5-7-20/h4-9,15,36H,10-14,16-17H2,1-3H3. The first-order valence-electron chi connectivity index (χ1n) is 12.7. The van der Waals surface area contributed by atoms with Crippen molar-refractivity contribution in [3.63, 3.8) is 0 Å². The summed E-state index contributed by atoms with van der Waals surface area (Å²) in [5.74, 6) is -4.01. The molecule has 10 heteroatoms. The molecule has 38 heavy (non-hydrogen) atoms. The van der Waals surface area contributed by atoms with Crippen LogP contribution in [0, 0.1) is 17.5 Å². The van der Waals surface area contributed by atoms with Crippen LogP contribution in [0.5, 0.6) is 0 Å². The molecule has 7 nitrogen and oxygen atoms in total. The second-order valence-corrected chi connectivity index (χ2v) is 11.1. The van der Waals surface area contributed by atoms with E-state index < -0.39 is 34.7 Å². The SMILES string of the molecule is CC(C)(C)n1cc(CN2CCC3(CC2)CN(c2ccc(CO)cc2)C(=O)O3)c(-c2ccc(F)c(F)c2F)n1. The number of likely N-dealkylation sites (tertiary alicyclic amines) is 1. The van der Waals surface area contributed by atoms with E-state index in [1.165, 1.54) is 6.07 Å². The Balaban J connectivity index is 1.33. The number of benzene rings is 2. The molecule has 1 aromatic heterocycles. The van der Waals surface area contributed by atoms with Crippen LogP contribution >= 0.6 is 0 Å². The number of hydrogen-bond donors (Lipinski definition) is 1. The topological polar surface area (TPSA) is 70.8 Å². The van der Waals surface area contributed by atoms with Gasteiger partial charge in [-0.2, -0.15) is 5.10 Å². The lowest BCUT2D eigenvalue weighted by molar-refractivity contribution is -0.000944. The summed E-state index contributed by atoms with van der Waals surface area (Å²) in [5.41, 5.74) is 1.39. The van der Waals surface area contributed by atoms with Crippen molar-refractivity contribution in [3.05, 3.63) is 71.2 Å². The summed E-state index contributed by atoms with van der Waals surface area (Å²) >= 11 is 0. The van der Waals surface area contributed by atoms with Crippen LogP contribution in [0.3, 0.4) is 0 Å². The summed E-state index contributed by atoms with van der Waals surface area (Å²) in [5, 5.41) is 13.8. The summed E-state index contributed by atoms with van der Waals surface area (Å²) in [7, 11) is 0. The molecule has 5 rings (SSSR count). The third-order valence-electron chi connectivity index (χ3n) is 7.33. The van der Waals surface area contributed by atoms with Gasteiger partial charge in [0, 0.05) is 55.5 Å². The Kier molecular flexibility index (Phi) is 6.73. The number of piperidine rings is 1. The summed E-state index contributed by atoms with van der Waals surface area (Å²) in [6.45, 7) is 7.93. The van der Waals surface area contributed by atoms with Gasteiger partial charge in [-0.05, 0) is 50.6 Å². The first-order chi connectivity index (χ1) is 18.0. The van der Waals surface area contributed by atoms with Gasteiger partial charge in [0.05, 0.1) is 24.4 Å². The maximum Gasteiger partial charge on any atom is 0.415 e. The van der Waals surface area contributed by atoms with E-state index in [9.17, 15) is 23.1 Å². The number of amides is 1. The lowest BCUT2D eigenvalue weighted by Gasteiger charge is -2.37. The predicted molar refractivity (Wildman–Crippen MR) is 136 cm³/mol. The molecule has 0 aliphatic carbocycles. The van der Waals surface area contributed by atoms with E-state index in [-0.39, 0.29) is 17.9 Å². The van der Waals surface area contributed by atoms with E-state index in [1.54, 1.807) is 33.8 Å². The Morgan fingerprint density at radius 2 is 1.71 bits per heavy atom. The number of aliphatic hydroxyl groups excluding tert-OH is 1. The van der Waals surface area contributed by atoms with E-state index in [2.05, 4.69) is 10.00 Å². The molecule has 202 valence electrons. The molecule has 1 N–H and O–H groups in total. The molecule has 3 heterocycles. The van der Waals surface area contributed by atoms with Crippen LogP contribution in [0.4, 0.5) is 23.7 Å². The van der Waals surface area contributed by atoms with Gasteiger partial charge in [-0.15, -0.1) is 0 Å². The molecule has 2 saturated heterocycles. The Morgan fingerprint density at radius 1 is 1.03 bits per heavy atom. The van der Waals surface area contributed by atoms with E-state index in [1.807, 2.05) is 27.0 Å². The average Bonchev–Trinajstić information content (AvgIpc) is 3.45. The van der Waals surface area contributed by atoms with Crippen LogP contribution < -0.4 is 4.90 Å². The minimum atomic E-state index is -1.52. The molecule has 2 aliphatic rings. The summed E-state index contributed by atoms with van der Waals surface area (Å²) in [4.78, 5) is 16.5. The fraction of sp³-hybridized carbons (Fsp3) is 0.429. The van der Waals surface area contributed by atoms with Crippen molar-refractivity contribution in [2.75, 3.05) is 24.5 Å². The highest BCUT2D eigenvalue weighted by Crippen LogP contribution is 2.37. The highest BCUT2D eigenvalue weighted by Gasteiger charge is 2.47. The van der Waals surface area contributed by atoms with Crippen molar-refractivity contribution in [1.82, 2.24) is 14.7 Å². The number of nitrogens with zero attached hydrogens (tertiary/aromatic N) is 4. The summed E-state index contributed by atoms with van der Waals surface area (Å²) in [6, 6.07) is 9.29. The largest absolute Gasteiger partial charge is 0.441 e. The fourth-order valence-corrected chi connectivity index (χ4v) is 5.03. The van der Waals surface area contributed by atoms with Gasteiger partial charge in [0.2, 0.25) is 0 Å². The van der Waals surface area contributed by atoms with Gasteiger partial charge in [0.25, 0.3) is 0 Å². The molecule has 2 aromatic carbocycles. The third kappa shape index (κ3) is 4.90. The van der Waals surface area contributed by atoms with E-state index in [0.717, 1.165) is 17.3 Å². The van der Waals surface area contributed by atoms with Crippen molar-refractivity contribution < 1.29 is 27.8 Å². The highest BCUT2D eigenvalue weighted by atomic mass is 19.2. The number of carbonyl (C=O) groups excluding carboxylic acids is 1. The molecule has 2 fully saturated rings. The van der Waals surface area contributed by atoms with Crippen LogP contribution in [-0.4, -0.2) is 51.1 Å². The zero-order valence-corrected chi connectivity index (χ0v) is 21.7. The molecular weight excluding hydrogens is 497 g/mol. The molecular formula is C28H31F3N4O3. The lowest BCUT2D eigenvalue weighted by atomic mass is 9.91. The number of halogens is 3. The van der Waals surface area contributed by atoms with Crippen LogP contribution in [0.15, 0.2) is 42.6 Å². The van der Waals surface area contributed by atoms with Crippen molar-refractivity contribution in [3.8, 4) is 11.3 Å². The van der Waals surface area contributed by atoms with Crippen LogP contribution in [-0.2, 0) is 23.4 Å². The second kappa shape index (κ2) is 9.74. The van der Waals surface area contributed by atoms with E-state index >= 15 is 0 Å². The van der Waals surface area contributed by atoms with Gasteiger partial charge >= 0.3 is 6.09 Å². The number of rotatable bonds is 5. The Bertz CT molecular complexity index is 1340. The molecule has 2 aliphatic heterocycles.